The van der Waals surface area contributed by atoms with E-state index in [2.05, 4.69) is 24.2 Å². The highest BCUT2D eigenvalue weighted by molar-refractivity contribution is 6.19. The Morgan fingerprint density at radius 2 is 1.41 bits per heavy atom. The average Bonchev–Trinajstić information content (AvgIpc) is 3.22. The molecule has 0 fully saturated rings. The van der Waals surface area contributed by atoms with Crippen LogP contribution in [0.15, 0.2) is 53.6 Å². The first-order valence-electron chi connectivity index (χ1n) is 12.3. The van der Waals surface area contributed by atoms with E-state index in [9.17, 15) is 4.79 Å². The summed E-state index contributed by atoms with van der Waals surface area (Å²) in [5, 5.41) is 6.11. The number of carbonyl (C=O) groups excluding carboxylic acids is 1. The molecule has 4 nitrogen and oxygen atoms in total. The van der Waals surface area contributed by atoms with Crippen molar-refractivity contribution >= 4 is 17.3 Å². The standard InChI is InChI=1S/C28H38N2O2/c1-3-4-5-6-7-8-9-10-11-12-13-23-14-18-25(19-15-23)30-28(31)22-27(29-30)24-16-20-26(32-2)21-17-24/h14-21H,3-13,22H2,1-2H3. The number of rotatable bonds is 14. The molecule has 0 aliphatic carbocycles. The molecule has 0 spiro atoms. The lowest BCUT2D eigenvalue weighted by Gasteiger charge is -2.12. The molecule has 0 radical (unpaired) electrons. The molecule has 1 aliphatic rings. The quantitative estimate of drug-likeness (QED) is 0.293. The van der Waals surface area contributed by atoms with Crippen molar-refractivity contribution in [3.8, 4) is 5.75 Å². The number of nitrogens with zero attached hydrogens (tertiary/aromatic N) is 2. The Labute approximate surface area is 193 Å². The van der Waals surface area contributed by atoms with Gasteiger partial charge < -0.3 is 4.74 Å². The zero-order chi connectivity index (χ0) is 22.6. The number of anilines is 1. The summed E-state index contributed by atoms with van der Waals surface area (Å²) in [6, 6.07) is 16.0. The van der Waals surface area contributed by atoms with Crippen LogP contribution < -0.4 is 9.75 Å². The molecular weight excluding hydrogens is 396 g/mol. The van der Waals surface area contributed by atoms with E-state index < -0.39 is 0 Å². The monoisotopic (exact) mass is 434 g/mol. The van der Waals surface area contributed by atoms with E-state index in [1.54, 1.807) is 7.11 Å². The highest BCUT2D eigenvalue weighted by Crippen LogP contribution is 2.24. The minimum atomic E-state index is 0.0123. The van der Waals surface area contributed by atoms with Crippen LogP contribution in [0.3, 0.4) is 0 Å². The van der Waals surface area contributed by atoms with E-state index in [0.29, 0.717) is 6.42 Å². The van der Waals surface area contributed by atoms with Crippen molar-refractivity contribution in [2.24, 2.45) is 5.10 Å². The Morgan fingerprint density at radius 3 is 2.00 bits per heavy atom. The van der Waals surface area contributed by atoms with Gasteiger partial charge in [-0.25, -0.2) is 5.01 Å². The first-order valence-corrected chi connectivity index (χ1v) is 12.3. The van der Waals surface area contributed by atoms with Gasteiger partial charge in [-0.1, -0.05) is 76.8 Å². The van der Waals surface area contributed by atoms with E-state index in [-0.39, 0.29) is 5.91 Å². The van der Waals surface area contributed by atoms with E-state index in [0.717, 1.165) is 29.1 Å². The van der Waals surface area contributed by atoms with Gasteiger partial charge in [-0.15, -0.1) is 0 Å². The number of benzene rings is 2. The number of methoxy groups -OCH3 is 1. The Balaban J connectivity index is 1.41. The van der Waals surface area contributed by atoms with Crippen LogP contribution >= 0.6 is 0 Å². The third-order valence-corrected chi connectivity index (χ3v) is 6.20. The summed E-state index contributed by atoms with van der Waals surface area (Å²) in [5.74, 6) is 0.812. The number of ether oxygens (including phenoxy) is 1. The van der Waals surface area contributed by atoms with E-state index in [1.165, 1.54) is 74.8 Å². The summed E-state index contributed by atoms with van der Waals surface area (Å²) >= 11 is 0. The van der Waals surface area contributed by atoms with Crippen molar-refractivity contribution < 1.29 is 9.53 Å². The molecule has 1 amide bonds. The molecule has 0 aromatic heterocycles. The molecule has 1 heterocycles. The normalized spacial score (nSPS) is 13.5. The van der Waals surface area contributed by atoms with Crippen LogP contribution in [0.25, 0.3) is 0 Å². The summed E-state index contributed by atoms with van der Waals surface area (Å²) in [4.78, 5) is 12.5. The lowest BCUT2D eigenvalue weighted by molar-refractivity contribution is -0.116. The van der Waals surface area contributed by atoms with Crippen molar-refractivity contribution in [1.82, 2.24) is 0 Å². The topological polar surface area (TPSA) is 41.9 Å². The molecule has 0 N–H and O–H groups in total. The molecule has 0 bridgehead atoms. The van der Waals surface area contributed by atoms with Crippen molar-refractivity contribution in [3.05, 3.63) is 59.7 Å². The number of aryl methyl sites for hydroxylation is 1. The molecule has 0 atom stereocenters. The second kappa shape index (κ2) is 13.0. The van der Waals surface area contributed by atoms with Gasteiger partial charge in [0.2, 0.25) is 0 Å². The Hall–Kier alpha value is -2.62. The largest absolute Gasteiger partial charge is 0.497 e. The predicted octanol–water partition coefficient (Wildman–Crippen LogP) is 7.30. The van der Waals surface area contributed by atoms with Crippen LogP contribution in [0.5, 0.6) is 5.75 Å². The van der Waals surface area contributed by atoms with Gasteiger partial charge in [0.05, 0.1) is 24.9 Å². The maximum Gasteiger partial charge on any atom is 0.253 e. The van der Waals surface area contributed by atoms with E-state index in [4.69, 9.17) is 4.74 Å². The lowest BCUT2D eigenvalue weighted by atomic mass is 10.0. The van der Waals surface area contributed by atoms with Crippen molar-refractivity contribution in [2.75, 3.05) is 12.1 Å². The fourth-order valence-electron chi connectivity index (χ4n) is 4.20. The Bertz CT molecular complexity index is 856. The zero-order valence-electron chi connectivity index (χ0n) is 19.8. The van der Waals surface area contributed by atoms with Gasteiger partial charge in [0, 0.05) is 0 Å². The van der Waals surface area contributed by atoms with Gasteiger partial charge in [0.1, 0.15) is 5.75 Å². The number of unbranched alkanes of at least 4 members (excludes halogenated alkanes) is 9. The van der Waals surface area contributed by atoms with Crippen LogP contribution in [-0.4, -0.2) is 18.7 Å². The molecule has 2 aromatic rings. The number of hydrogen-bond donors (Lipinski definition) is 0. The zero-order valence-corrected chi connectivity index (χ0v) is 19.8. The van der Waals surface area contributed by atoms with Crippen molar-refractivity contribution in [2.45, 2.75) is 84.0 Å². The molecule has 0 unspecified atom stereocenters. The fourth-order valence-corrected chi connectivity index (χ4v) is 4.20. The average molecular weight is 435 g/mol. The molecule has 0 saturated carbocycles. The third-order valence-electron chi connectivity index (χ3n) is 6.20. The van der Waals surface area contributed by atoms with Crippen molar-refractivity contribution in [1.29, 1.82) is 0 Å². The lowest BCUT2D eigenvalue weighted by Crippen LogP contribution is -2.19. The van der Waals surface area contributed by atoms with Gasteiger partial charge in [0.15, 0.2) is 0 Å². The maximum atomic E-state index is 12.5. The predicted molar refractivity (Wildman–Crippen MR) is 134 cm³/mol. The first-order chi connectivity index (χ1) is 15.7. The van der Waals surface area contributed by atoms with Crippen LogP contribution in [0.2, 0.25) is 0 Å². The summed E-state index contributed by atoms with van der Waals surface area (Å²) in [6.45, 7) is 2.27. The first kappa shape index (κ1) is 24.0. The fraction of sp³-hybridized carbons (Fsp3) is 0.500. The summed E-state index contributed by atoms with van der Waals surface area (Å²) in [5.41, 5.74) is 3.93. The van der Waals surface area contributed by atoms with Gasteiger partial charge >= 0.3 is 0 Å². The number of hydrazone groups is 1. The van der Waals surface area contributed by atoms with Gasteiger partial charge in [-0.05, 0) is 60.4 Å². The van der Waals surface area contributed by atoms with Gasteiger partial charge in [-0.3, -0.25) is 4.79 Å². The number of carbonyl (C=O) groups is 1. The van der Waals surface area contributed by atoms with E-state index in [1.807, 2.05) is 36.4 Å². The van der Waals surface area contributed by atoms with Crippen LogP contribution in [0.4, 0.5) is 5.69 Å². The Kier molecular flexibility index (Phi) is 9.80. The second-order valence-corrected chi connectivity index (χ2v) is 8.76. The highest BCUT2D eigenvalue weighted by atomic mass is 16.5. The Morgan fingerprint density at radius 1 is 0.812 bits per heavy atom. The van der Waals surface area contributed by atoms with Crippen molar-refractivity contribution in [3.63, 3.8) is 0 Å². The third kappa shape index (κ3) is 7.22. The van der Waals surface area contributed by atoms with E-state index >= 15 is 0 Å². The molecule has 2 aromatic carbocycles. The minimum absolute atomic E-state index is 0.0123. The summed E-state index contributed by atoms with van der Waals surface area (Å²) in [6.07, 6.45) is 15.0. The maximum absolute atomic E-state index is 12.5. The molecular formula is C28H38N2O2. The second-order valence-electron chi connectivity index (χ2n) is 8.76. The highest BCUT2D eigenvalue weighted by Gasteiger charge is 2.26. The minimum Gasteiger partial charge on any atom is -0.497 e. The smallest absolute Gasteiger partial charge is 0.253 e. The van der Waals surface area contributed by atoms with Crippen LogP contribution in [-0.2, 0) is 11.2 Å². The molecule has 1 aliphatic heterocycles. The van der Waals surface area contributed by atoms with Crippen LogP contribution in [0, 0.1) is 0 Å². The van der Waals surface area contributed by atoms with Gasteiger partial charge in [0.25, 0.3) is 5.91 Å². The molecule has 3 rings (SSSR count). The summed E-state index contributed by atoms with van der Waals surface area (Å²) < 4.78 is 5.21. The number of amides is 1. The SMILES string of the molecule is CCCCCCCCCCCCc1ccc(N2N=C(c3ccc(OC)cc3)CC2=O)cc1. The van der Waals surface area contributed by atoms with Gasteiger partial charge in [-0.2, -0.15) is 5.10 Å². The molecule has 32 heavy (non-hydrogen) atoms. The van der Waals surface area contributed by atoms with Crippen LogP contribution in [0.1, 0.15) is 88.7 Å². The molecule has 172 valence electrons. The molecule has 0 saturated heterocycles. The summed E-state index contributed by atoms with van der Waals surface area (Å²) in [7, 11) is 1.65. The number of hydrogen-bond acceptors (Lipinski definition) is 3. The molecule has 4 heteroatoms.